The van der Waals surface area contributed by atoms with Crippen LogP contribution in [0.4, 0.5) is 0 Å². The van der Waals surface area contributed by atoms with Crippen molar-refractivity contribution in [1.82, 2.24) is 0 Å². The van der Waals surface area contributed by atoms with Crippen LogP contribution in [-0.2, 0) is 5.41 Å². The normalized spacial score (nSPS) is 13.2. The Balaban J connectivity index is 0.884. The molecule has 12 aromatic rings. The Hall–Kier alpha value is -8.06. The number of benzene rings is 12. The Bertz CT molecular complexity index is 3780. The van der Waals surface area contributed by atoms with Crippen LogP contribution < -0.4 is 0 Å². The third-order valence-corrected chi connectivity index (χ3v) is 14.4. The summed E-state index contributed by atoms with van der Waals surface area (Å²) in [5.74, 6) is 0. The van der Waals surface area contributed by atoms with Crippen LogP contribution in [0.1, 0.15) is 22.3 Å². The van der Waals surface area contributed by atoms with Gasteiger partial charge in [0.15, 0.2) is 0 Å². The molecule has 0 aromatic heterocycles. The fourth-order valence-corrected chi connectivity index (χ4v) is 11.7. The van der Waals surface area contributed by atoms with Gasteiger partial charge in [0.05, 0.1) is 5.41 Å². The van der Waals surface area contributed by atoms with Crippen molar-refractivity contribution in [3.05, 3.63) is 253 Å². The fourth-order valence-electron chi connectivity index (χ4n) is 11.7. The van der Waals surface area contributed by atoms with E-state index in [4.69, 9.17) is 0 Å². The molecule has 0 radical (unpaired) electrons. The van der Waals surface area contributed by atoms with Gasteiger partial charge in [0, 0.05) is 0 Å². The quantitative estimate of drug-likeness (QED) is 0.156. The molecule has 2 aliphatic carbocycles. The van der Waals surface area contributed by atoms with Crippen molar-refractivity contribution >= 4 is 43.1 Å². The third kappa shape index (κ3) is 4.81. The first kappa shape index (κ1) is 34.6. The monoisotopic (exact) mass is 794 g/mol. The van der Waals surface area contributed by atoms with E-state index in [0.717, 1.165) is 0 Å². The second-order valence-electron chi connectivity index (χ2n) is 17.5. The van der Waals surface area contributed by atoms with Gasteiger partial charge < -0.3 is 0 Å². The van der Waals surface area contributed by atoms with Crippen molar-refractivity contribution in [1.29, 1.82) is 0 Å². The maximum absolute atomic E-state index is 2.49. The molecule has 14 rings (SSSR count). The van der Waals surface area contributed by atoms with Crippen LogP contribution in [-0.4, -0.2) is 0 Å². The van der Waals surface area contributed by atoms with Crippen molar-refractivity contribution in [3.63, 3.8) is 0 Å². The Labute approximate surface area is 366 Å². The van der Waals surface area contributed by atoms with E-state index in [1.54, 1.807) is 0 Å². The Morgan fingerprint density at radius 1 is 0.206 bits per heavy atom. The standard InChI is InChI=1S/C63H38/c1-2-11-44-36-46(25-22-39(44)10-1)40-20-23-41(24-21-40)49-31-26-42-29-35-56-50(32-27-43-28-34-55(49)61(42)62(43)56)48-13-9-12-45(37-48)47-30-33-54-53-16-5-8-19-59(53)63(60(54)38-47)57-17-6-3-14-51(57)52-15-4-7-18-58(52)63/h1-38H. The highest BCUT2D eigenvalue weighted by Crippen LogP contribution is 2.63. The first-order valence-electron chi connectivity index (χ1n) is 22.1. The van der Waals surface area contributed by atoms with E-state index in [1.165, 1.54) is 132 Å². The average molecular weight is 795 g/mol. The molecule has 0 unspecified atom stereocenters. The summed E-state index contributed by atoms with van der Waals surface area (Å²) in [6.07, 6.45) is 0. The molecule has 0 heteroatoms. The van der Waals surface area contributed by atoms with Crippen LogP contribution in [0.3, 0.4) is 0 Å². The van der Waals surface area contributed by atoms with Gasteiger partial charge in [-0.3, -0.25) is 0 Å². The summed E-state index contributed by atoms with van der Waals surface area (Å²) >= 11 is 0. The topological polar surface area (TPSA) is 0 Å². The molecule has 0 nitrogen and oxygen atoms in total. The zero-order valence-corrected chi connectivity index (χ0v) is 34.4. The maximum Gasteiger partial charge on any atom is 0.0725 e. The highest BCUT2D eigenvalue weighted by molar-refractivity contribution is 6.27. The van der Waals surface area contributed by atoms with Crippen LogP contribution in [0.15, 0.2) is 231 Å². The summed E-state index contributed by atoms with van der Waals surface area (Å²) in [5, 5.41) is 10.3. The zero-order chi connectivity index (χ0) is 41.2. The van der Waals surface area contributed by atoms with Gasteiger partial charge in [-0.05, 0) is 150 Å². The van der Waals surface area contributed by atoms with Crippen LogP contribution in [0.5, 0.6) is 0 Å². The molecule has 0 atom stereocenters. The lowest BCUT2D eigenvalue weighted by atomic mass is 9.70. The molecule has 0 heterocycles. The summed E-state index contributed by atoms with van der Waals surface area (Å²) in [4.78, 5) is 0. The van der Waals surface area contributed by atoms with E-state index in [9.17, 15) is 0 Å². The summed E-state index contributed by atoms with van der Waals surface area (Å²) in [7, 11) is 0. The van der Waals surface area contributed by atoms with E-state index in [-0.39, 0.29) is 5.41 Å². The molecule has 2 aliphatic rings. The summed E-state index contributed by atoms with van der Waals surface area (Å²) in [6.45, 7) is 0. The van der Waals surface area contributed by atoms with Crippen molar-refractivity contribution in [2.45, 2.75) is 5.41 Å². The second-order valence-corrected chi connectivity index (χ2v) is 17.5. The Morgan fingerprint density at radius 3 is 1.29 bits per heavy atom. The van der Waals surface area contributed by atoms with Gasteiger partial charge in [-0.2, -0.15) is 0 Å². The van der Waals surface area contributed by atoms with E-state index in [1.807, 2.05) is 0 Å². The lowest BCUT2D eigenvalue weighted by Crippen LogP contribution is -2.25. The Morgan fingerprint density at radius 2 is 0.635 bits per heavy atom. The summed E-state index contributed by atoms with van der Waals surface area (Å²) in [5.41, 5.74) is 20.3. The highest BCUT2D eigenvalue weighted by atomic mass is 14.5. The fraction of sp³-hybridized carbons (Fsp3) is 0.0159. The van der Waals surface area contributed by atoms with Gasteiger partial charge >= 0.3 is 0 Å². The zero-order valence-electron chi connectivity index (χ0n) is 34.4. The maximum atomic E-state index is 2.49. The van der Waals surface area contributed by atoms with Gasteiger partial charge in [-0.15, -0.1) is 0 Å². The molecule has 290 valence electrons. The number of hydrogen-bond acceptors (Lipinski definition) is 0. The van der Waals surface area contributed by atoms with Crippen molar-refractivity contribution in [2.24, 2.45) is 0 Å². The molecule has 0 bridgehead atoms. The van der Waals surface area contributed by atoms with E-state index in [2.05, 4.69) is 231 Å². The van der Waals surface area contributed by atoms with Crippen LogP contribution in [0.25, 0.3) is 110 Å². The number of fused-ring (bicyclic) bond motifs is 11. The molecule has 0 saturated carbocycles. The first-order chi connectivity index (χ1) is 31.2. The molecule has 0 amide bonds. The summed E-state index contributed by atoms with van der Waals surface area (Å²) < 4.78 is 0. The van der Waals surface area contributed by atoms with Crippen molar-refractivity contribution in [3.8, 4) is 66.8 Å². The van der Waals surface area contributed by atoms with Crippen molar-refractivity contribution in [2.75, 3.05) is 0 Å². The number of rotatable bonds is 4. The lowest BCUT2D eigenvalue weighted by molar-refractivity contribution is 0.794. The van der Waals surface area contributed by atoms with Gasteiger partial charge in [0.1, 0.15) is 0 Å². The molecule has 0 fully saturated rings. The Kier molecular flexibility index (Phi) is 7.13. The average Bonchev–Trinajstić information content (AvgIpc) is 3.82. The predicted octanol–water partition coefficient (Wildman–Crippen LogP) is 16.7. The van der Waals surface area contributed by atoms with E-state index in [0.29, 0.717) is 0 Å². The number of hydrogen-bond donors (Lipinski definition) is 0. The largest absolute Gasteiger partial charge is 0.0725 e. The van der Waals surface area contributed by atoms with Crippen LogP contribution in [0.2, 0.25) is 0 Å². The van der Waals surface area contributed by atoms with E-state index >= 15 is 0 Å². The minimum Gasteiger partial charge on any atom is -0.0619 e. The smallest absolute Gasteiger partial charge is 0.0619 e. The molecule has 0 aliphatic heterocycles. The van der Waals surface area contributed by atoms with Gasteiger partial charge in [-0.1, -0.05) is 212 Å². The van der Waals surface area contributed by atoms with Gasteiger partial charge in [-0.25, -0.2) is 0 Å². The third-order valence-electron chi connectivity index (χ3n) is 14.4. The van der Waals surface area contributed by atoms with Gasteiger partial charge in [0.25, 0.3) is 0 Å². The van der Waals surface area contributed by atoms with E-state index < -0.39 is 0 Å². The molecule has 63 heavy (non-hydrogen) atoms. The molecular weight excluding hydrogens is 757 g/mol. The SMILES string of the molecule is c1cc(-c2ccc3c(c2)C2(c4ccccc4-c4ccccc42)c2ccccc2-3)cc(-c2ccc3ccc4c(-c5ccc(-c6ccc7ccccc7c6)cc5)ccc5ccc2c3c54)c1. The van der Waals surface area contributed by atoms with Crippen molar-refractivity contribution < 1.29 is 0 Å². The molecule has 0 N–H and O–H groups in total. The minimum atomic E-state index is -0.364. The first-order valence-corrected chi connectivity index (χ1v) is 22.1. The predicted molar refractivity (Wildman–Crippen MR) is 266 cm³/mol. The second kappa shape index (κ2) is 13.0. The van der Waals surface area contributed by atoms with Gasteiger partial charge in [0.2, 0.25) is 0 Å². The highest BCUT2D eigenvalue weighted by Gasteiger charge is 2.51. The molecular formula is C63H38. The minimum absolute atomic E-state index is 0.364. The van der Waals surface area contributed by atoms with Crippen LogP contribution >= 0.6 is 0 Å². The molecule has 0 saturated heterocycles. The molecule has 12 aromatic carbocycles. The lowest BCUT2D eigenvalue weighted by Gasteiger charge is -2.30. The molecule has 1 spiro atoms. The van der Waals surface area contributed by atoms with Crippen LogP contribution in [0, 0.1) is 0 Å². The summed E-state index contributed by atoms with van der Waals surface area (Å²) in [6, 6.07) is 86.6.